The number of nitrogens with zero attached hydrogens (tertiary/aromatic N) is 1. The van der Waals surface area contributed by atoms with Gasteiger partial charge in [0.2, 0.25) is 5.91 Å². The van der Waals surface area contributed by atoms with Crippen LogP contribution in [0.2, 0.25) is 0 Å². The van der Waals surface area contributed by atoms with Crippen LogP contribution in [0.15, 0.2) is 53.0 Å². The number of carbonyl (C=O) groups is 2. The molecular formula is C17H14BrN3O2. The van der Waals surface area contributed by atoms with E-state index < -0.39 is 0 Å². The van der Waals surface area contributed by atoms with E-state index in [9.17, 15) is 9.59 Å². The fourth-order valence-electron chi connectivity index (χ4n) is 1.87. The zero-order valence-electron chi connectivity index (χ0n) is 12.2. The van der Waals surface area contributed by atoms with Gasteiger partial charge >= 0.3 is 0 Å². The third kappa shape index (κ3) is 5.24. The number of hydrogen-bond donors (Lipinski definition) is 2. The van der Waals surface area contributed by atoms with Crippen molar-refractivity contribution in [1.29, 1.82) is 5.26 Å². The number of nitrogens with one attached hydrogen (secondary N) is 2. The van der Waals surface area contributed by atoms with E-state index in [1.807, 2.05) is 24.3 Å². The Morgan fingerprint density at radius 1 is 1.04 bits per heavy atom. The highest BCUT2D eigenvalue weighted by Crippen LogP contribution is 2.12. The summed E-state index contributed by atoms with van der Waals surface area (Å²) >= 11 is 3.32. The number of nitriles is 1. The van der Waals surface area contributed by atoms with Crippen LogP contribution in [0.5, 0.6) is 0 Å². The van der Waals surface area contributed by atoms with Crippen LogP contribution in [0.3, 0.4) is 0 Å². The fraction of sp³-hybridized carbons (Fsp3) is 0.118. The van der Waals surface area contributed by atoms with Crippen molar-refractivity contribution >= 4 is 33.4 Å². The van der Waals surface area contributed by atoms with Gasteiger partial charge in [0, 0.05) is 22.3 Å². The van der Waals surface area contributed by atoms with Crippen molar-refractivity contribution in [2.24, 2.45) is 0 Å². The summed E-state index contributed by atoms with van der Waals surface area (Å²) in [6.45, 7) is 0.390. The topological polar surface area (TPSA) is 82.0 Å². The summed E-state index contributed by atoms with van der Waals surface area (Å²) in [4.78, 5) is 23.3. The van der Waals surface area contributed by atoms with Crippen molar-refractivity contribution in [1.82, 2.24) is 5.32 Å². The molecule has 0 atom stereocenters. The van der Waals surface area contributed by atoms with Crippen LogP contribution in [-0.2, 0) is 11.3 Å². The summed E-state index contributed by atoms with van der Waals surface area (Å²) in [5, 5.41) is 13.9. The van der Waals surface area contributed by atoms with Crippen LogP contribution in [-0.4, -0.2) is 11.8 Å². The number of amides is 2. The summed E-state index contributed by atoms with van der Waals surface area (Å²) in [5.74, 6) is -0.493. The average molecular weight is 372 g/mol. The predicted molar refractivity (Wildman–Crippen MR) is 90.6 cm³/mol. The molecule has 0 bridgehead atoms. The molecule has 0 fully saturated rings. The third-order valence-corrected chi connectivity index (χ3v) is 3.57. The lowest BCUT2D eigenvalue weighted by Gasteiger charge is -2.07. The molecule has 0 unspecified atom stereocenters. The molecule has 2 aromatic carbocycles. The number of rotatable bonds is 5. The molecular weight excluding hydrogens is 358 g/mol. The number of anilines is 1. The number of benzene rings is 2. The molecule has 0 aliphatic heterocycles. The first-order chi connectivity index (χ1) is 11.1. The second kappa shape index (κ2) is 8.11. The Kier molecular flexibility index (Phi) is 5.89. The van der Waals surface area contributed by atoms with E-state index in [0.29, 0.717) is 17.8 Å². The smallest absolute Gasteiger partial charge is 0.251 e. The van der Waals surface area contributed by atoms with Crippen LogP contribution in [0.25, 0.3) is 0 Å². The average Bonchev–Trinajstić information content (AvgIpc) is 2.55. The van der Waals surface area contributed by atoms with Crippen LogP contribution in [0.4, 0.5) is 5.69 Å². The molecule has 2 N–H and O–H groups in total. The first-order valence-electron chi connectivity index (χ1n) is 6.88. The lowest BCUT2D eigenvalue weighted by atomic mass is 10.2. The van der Waals surface area contributed by atoms with E-state index in [2.05, 4.69) is 26.6 Å². The Hall–Kier alpha value is -2.65. The maximum Gasteiger partial charge on any atom is 0.251 e. The molecule has 0 saturated carbocycles. The number of hydrogen-bond acceptors (Lipinski definition) is 3. The fourth-order valence-corrected chi connectivity index (χ4v) is 2.13. The molecule has 116 valence electrons. The van der Waals surface area contributed by atoms with Gasteiger partial charge in [-0.25, -0.2) is 0 Å². The van der Waals surface area contributed by atoms with Crippen LogP contribution in [0.1, 0.15) is 22.3 Å². The quantitative estimate of drug-likeness (QED) is 0.846. The zero-order chi connectivity index (χ0) is 16.7. The van der Waals surface area contributed by atoms with Crippen molar-refractivity contribution < 1.29 is 9.59 Å². The van der Waals surface area contributed by atoms with Crippen molar-refractivity contribution in [2.75, 3.05) is 5.32 Å². The molecule has 2 aromatic rings. The molecule has 2 amide bonds. The SMILES string of the molecule is N#CCC(=O)Nc1ccc(CNC(=O)c2ccc(Br)cc2)cc1. The van der Waals surface area contributed by atoms with Crippen molar-refractivity contribution in [3.63, 3.8) is 0 Å². The van der Waals surface area contributed by atoms with Crippen LogP contribution < -0.4 is 10.6 Å². The standard InChI is InChI=1S/C17H14BrN3O2/c18-14-5-3-13(4-6-14)17(23)20-11-12-1-7-15(8-2-12)21-16(22)9-10-19/h1-8H,9,11H2,(H,20,23)(H,21,22). The third-order valence-electron chi connectivity index (χ3n) is 3.04. The monoisotopic (exact) mass is 371 g/mol. The van der Waals surface area contributed by atoms with Gasteiger partial charge in [0.15, 0.2) is 0 Å². The molecule has 2 rings (SSSR count). The summed E-state index contributed by atoms with van der Waals surface area (Å²) in [6.07, 6.45) is -0.176. The van der Waals surface area contributed by atoms with Crippen molar-refractivity contribution in [3.05, 3.63) is 64.1 Å². The molecule has 0 saturated heterocycles. The second-order valence-corrected chi connectivity index (χ2v) is 5.69. The predicted octanol–water partition coefficient (Wildman–Crippen LogP) is 3.23. The lowest BCUT2D eigenvalue weighted by molar-refractivity contribution is -0.115. The maximum absolute atomic E-state index is 12.0. The van der Waals surface area contributed by atoms with Gasteiger partial charge in [-0.15, -0.1) is 0 Å². The minimum Gasteiger partial charge on any atom is -0.348 e. The Morgan fingerprint density at radius 3 is 2.30 bits per heavy atom. The zero-order valence-corrected chi connectivity index (χ0v) is 13.8. The van der Waals surface area contributed by atoms with E-state index in [1.165, 1.54) is 0 Å². The highest BCUT2D eigenvalue weighted by Gasteiger charge is 2.05. The van der Waals surface area contributed by atoms with Crippen molar-refractivity contribution in [3.8, 4) is 6.07 Å². The van der Waals surface area contributed by atoms with E-state index in [4.69, 9.17) is 5.26 Å². The molecule has 0 aliphatic rings. The van der Waals surface area contributed by atoms with Gasteiger partial charge in [-0.1, -0.05) is 28.1 Å². The summed E-state index contributed by atoms with van der Waals surface area (Å²) in [5.41, 5.74) is 2.12. The normalized spacial score (nSPS) is 9.74. The van der Waals surface area contributed by atoms with Gasteiger partial charge < -0.3 is 10.6 Å². The van der Waals surface area contributed by atoms with E-state index >= 15 is 0 Å². The molecule has 0 heterocycles. The summed E-state index contributed by atoms with van der Waals surface area (Å²) in [7, 11) is 0. The van der Waals surface area contributed by atoms with E-state index in [1.54, 1.807) is 30.3 Å². The summed E-state index contributed by atoms with van der Waals surface area (Å²) < 4.78 is 0.920. The molecule has 6 heteroatoms. The second-order valence-electron chi connectivity index (χ2n) is 4.77. The number of carbonyl (C=O) groups excluding carboxylic acids is 2. The van der Waals surface area contributed by atoms with Gasteiger partial charge in [-0.05, 0) is 42.0 Å². The first-order valence-corrected chi connectivity index (χ1v) is 7.67. The van der Waals surface area contributed by atoms with Crippen LogP contribution >= 0.6 is 15.9 Å². The Morgan fingerprint density at radius 2 is 1.70 bits per heavy atom. The molecule has 23 heavy (non-hydrogen) atoms. The minimum atomic E-state index is -0.344. The van der Waals surface area contributed by atoms with Gasteiger partial charge in [-0.2, -0.15) is 5.26 Å². The van der Waals surface area contributed by atoms with E-state index in [-0.39, 0.29) is 18.2 Å². The first kappa shape index (κ1) is 16.7. The molecule has 0 aliphatic carbocycles. The van der Waals surface area contributed by atoms with Gasteiger partial charge in [0.1, 0.15) is 6.42 Å². The Balaban J connectivity index is 1.88. The van der Waals surface area contributed by atoms with Gasteiger partial charge in [-0.3, -0.25) is 9.59 Å². The van der Waals surface area contributed by atoms with Gasteiger partial charge in [0.05, 0.1) is 6.07 Å². The highest BCUT2D eigenvalue weighted by atomic mass is 79.9. The molecule has 0 spiro atoms. The molecule has 0 radical (unpaired) electrons. The highest BCUT2D eigenvalue weighted by molar-refractivity contribution is 9.10. The van der Waals surface area contributed by atoms with E-state index in [0.717, 1.165) is 10.0 Å². The maximum atomic E-state index is 12.0. The summed E-state index contributed by atoms with van der Waals surface area (Å²) in [6, 6.07) is 16.0. The lowest BCUT2D eigenvalue weighted by Crippen LogP contribution is -2.22. The number of halogens is 1. The largest absolute Gasteiger partial charge is 0.348 e. The van der Waals surface area contributed by atoms with Crippen molar-refractivity contribution in [2.45, 2.75) is 13.0 Å². The minimum absolute atomic E-state index is 0.149. The Labute approximate surface area is 142 Å². The molecule has 0 aromatic heterocycles. The Bertz CT molecular complexity index is 734. The molecule has 5 nitrogen and oxygen atoms in total. The van der Waals surface area contributed by atoms with Crippen LogP contribution in [0, 0.1) is 11.3 Å². The van der Waals surface area contributed by atoms with Gasteiger partial charge in [0.25, 0.3) is 5.91 Å².